The molecule has 0 unspecified atom stereocenters. The van der Waals surface area contributed by atoms with Gasteiger partial charge in [0.2, 0.25) is 10.0 Å². The van der Waals surface area contributed by atoms with Crippen molar-refractivity contribution in [2.24, 2.45) is 0 Å². The maximum absolute atomic E-state index is 12.3. The van der Waals surface area contributed by atoms with E-state index in [4.69, 9.17) is 4.74 Å². The standard InChI is InChI=1S/C18H28N2O3S/c1-3-13-24(21,22)19-16-14-18(9-11-20(4-2)12-10-18)23-17-8-6-5-7-15(16)17/h5-8,16,19H,3-4,9-14H2,1-2H3/t16-/m1/s1. The van der Waals surface area contributed by atoms with Crippen LogP contribution in [0.2, 0.25) is 0 Å². The highest BCUT2D eigenvalue weighted by atomic mass is 32.2. The van der Waals surface area contributed by atoms with E-state index in [-0.39, 0.29) is 17.4 Å². The lowest BCUT2D eigenvalue weighted by atomic mass is 9.81. The third kappa shape index (κ3) is 3.76. The molecule has 1 N–H and O–H groups in total. The fourth-order valence-corrected chi connectivity index (χ4v) is 5.15. The molecule has 2 aliphatic rings. The Morgan fingerprint density at radius 3 is 2.62 bits per heavy atom. The smallest absolute Gasteiger partial charge is 0.212 e. The monoisotopic (exact) mass is 352 g/mol. The zero-order valence-electron chi connectivity index (χ0n) is 14.6. The molecule has 5 nitrogen and oxygen atoms in total. The fraction of sp³-hybridized carbons (Fsp3) is 0.667. The number of nitrogens with one attached hydrogen (secondary N) is 1. The molecule has 0 amide bonds. The van der Waals surface area contributed by atoms with Gasteiger partial charge in [-0.15, -0.1) is 0 Å². The van der Waals surface area contributed by atoms with Crippen molar-refractivity contribution in [3.63, 3.8) is 0 Å². The normalized spacial score (nSPS) is 23.7. The van der Waals surface area contributed by atoms with Gasteiger partial charge in [0.15, 0.2) is 0 Å². The number of hydrogen-bond donors (Lipinski definition) is 1. The van der Waals surface area contributed by atoms with Crippen LogP contribution in [0.15, 0.2) is 24.3 Å². The van der Waals surface area contributed by atoms with E-state index in [0.717, 1.165) is 43.8 Å². The molecule has 24 heavy (non-hydrogen) atoms. The number of piperidine rings is 1. The molecule has 1 spiro atoms. The molecule has 2 aliphatic heterocycles. The van der Waals surface area contributed by atoms with Crippen molar-refractivity contribution in [2.45, 2.75) is 51.2 Å². The number of benzene rings is 1. The Bertz CT molecular complexity index is 667. The van der Waals surface area contributed by atoms with Crippen LogP contribution >= 0.6 is 0 Å². The van der Waals surface area contributed by atoms with Crippen LogP contribution in [0.4, 0.5) is 0 Å². The van der Waals surface area contributed by atoms with Crippen LogP contribution in [0.5, 0.6) is 5.75 Å². The second-order valence-corrected chi connectivity index (χ2v) is 8.82. The summed E-state index contributed by atoms with van der Waals surface area (Å²) in [6, 6.07) is 7.64. The Balaban J connectivity index is 1.85. The third-order valence-corrected chi connectivity index (χ3v) is 6.80. The first-order valence-electron chi connectivity index (χ1n) is 8.97. The molecule has 1 saturated heterocycles. The fourth-order valence-electron chi connectivity index (χ4n) is 3.85. The first-order chi connectivity index (χ1) is 11.5. The predicted molar refractivity (Wildman–Crippen MR) is 95.7 cm³/mol. The van der Waals surface area contributed by atoms with Gasteiger partial charge >= 0.3 is 0 Å². The summed E-state index contributed by atoms with van der Waals surface area (Å²) in [6.07, 6.45) is 3.23. The summed E-state index contributed by atoms with van der Waals surface area (Å²) in [5.41, 5.74) is 0.708. The molecular weight excluding hydrogens is 324 g/mol. The zero-order chi connectivity index (χ0) is 17.2. The van der Waals surface area contributed by atoms with Crippen LogP contribution in [0.3, 0.4) is 0 Å². The first kappa shape index (κ1) is 17.7. The molecule has 6 heteroatoms. The first-order valence-corrected chi connectivity index (χ1v) is 10.6. The largest absolute Gasteiger partial charge is 0.487 e. The van der Waals surface area contributed by atoms with Crippen LogP contribution in [-0.4, -0.2) is 44.3 Å². The van der Waals surface area contributed by atoms with Gasteiger partial charge in [0.25, 0.3) is 0 Å². The Morgan fingerprint density at radius 2 is 1.96 bits per heavy atom. The van der Waals surface area contributed by atoms with E-state index in [0.29, 0.717) is 12.8 Å². The van der Waals surface area contributed by atoms with Crippen molar-refractivity contribution in [1.82, 2.24) is 9.62 Å². The highest BCUT2D eigenvalue weighted by Crippen LogP contribution is 2.44. The third-order valence-electron chi connectivity index (χ3n) is 5.21. The Kier molecular flexibility index (Phi) is 5.18. The average Bonchev–Trinajstić information content (AvgIpc) is 2.55. The molecular formula is C18H28N2O3S. The number of para-hydroxylation sites is 1. The SMILES string of the molecule is CCCS(=O)(=O)N[C@@H]1CC2(CCN(CC)CC2)Oc2ccccc21. The molecule has 134 valence electrons. The average molecular weight is 353 g/mol. The summed E-state index contributed by atoms with van der Waals surface area (Å²) in [5.74, 6) is 1.00. The van der Waals surface area contributed by atoms with Gasteiger partial charge in [0.05, 0.1) is 11.8 Å². The van der Waals surface area contributed by atoms with Gasteiger partial charge in [0, 0.05) is 25.1 Å². The molecule has 1 aromatic rings. The molecule has 0 aromatic heterocycles. The van der Waals surface area contributed by atoms with Crippen LogP contribution in [0.25, 0.3) is 0 Å². The molecule has 0 saturated carbocycles. The van der Waals surface area contributed by atoms with Gasteiger partial charge in [-0.25, -0.2) is 13.1 Å². The Hall–Kier alpha value is -1.11. The van der Waals surface area contributed by atoms with Gasteiger partial charge in [-0.1, -0.05) is 32.0 Å². The maximum Gasteiger partial charge on any atom is 0.212 e. The van der Waals surface area contributed by atoms with Gasteiger partial charge in [-0.2, -0.15) is 0 Å². The van der Waals surface area contributed by atoms with Crippen molar-refractivity contribution in [3.8, 4) is 5.75 Å². The molecule has 0 aliphatic carbocycles. The summed E-state index contributed by atoms with van der Waals surface area (Å²) in [5, 5.41) is 0. The molecule has 2 heterocycles. The lowest BCUT2D eigenvalue weighted by Crippen LogP contribution is -2.52. The number of hydrogen-bond acceptors (Lipinski definition) is 4. The summed E-state index contributed by atoms with van der Waals surface area (Å²) in [6.45, 7) is 7.13. The Labute approximate surface area is 145 Å². The number of fused-ring (bicyclic) bond motifs is 1. The van der Waals surface area contributed by atoms with Gasteiger partial charge in [-0.05, 0) is 31.9 Å². The van der Waals surface area contributed by atoms with Gasteiger partial charge in [0.1, 0.15) is 11.4 Å². The minimum atomic E-state index is -3.26. The maximum atomic E-state index is 12.3. The topological polar surface area (TPSA) is 58.6 Å². The minimum Gasteiger partial charge on any atom is -0.487 e. The van der Waals surface area contributed by atoms with E-state index < -0.39 is 10.0 Å². The van der Waals surface area contributed by atoms with Crippen molar-refractivity contribution >= 4 is 10.0 Å². The number of nitrogens with zero attached hydrogens (tertiary/aromatic N) is 1. The van der Waals surface area contributed by atoms with E-state index >= 15 is 0 Å². The summed E-state index contributed by atoms with van der Waals surface area (Å²) < 4.78 is 34.0. The molecule has 1 aromatic carbocycles. The predicted octanol–water partition coefficient (Wildman–Crippen LogP) is 2.69. The molecule has 1 atom stereocenters. The molecule has 0 radical (unpaired) electrons. The van der Waals surface area contributed by atoms with E-state index in [1.54, 1.807) is 0 Å². The summed E-state index contributed by atoms with van der Waals surface area (Å²) in [7, 11) is -3.26. The van der Waals surface area contributed by atoms with Gasteiger partial charge < -0.3 is 9.64 Å². The van der Waals surface area contributed by atoms with Gasteiger partial charge in [-0.3, -0.25) is 0 Å². The van der Waals surface area contributed by atoms with E-state index in [9.17, 15) is 8.42 Å². The minimum absolute atomic E-state index is 0.170. The van der Waals surface area contributed by atoms with Crippen LogP contribution in [0, 0.1) is 0 Å². The number of ether oxygens (including phenoxy) is 1. The van der Waals surface area contributed by atoms with Crippen LogP contribution in [0.1, 0.15) is 51.1 Å². The lowest BCUT2D eigenvalue weighted by molar-refractivity contribution is -0.0220. The lowest BCUT2D eigenvalue weighted by Gasteiger charge is -2.46. The molecule has 3 rings (SSSR count). The Morgan fingerprint density at radius 1 is 1.25 bits per heavy atom. The van der Waals surface area contributed by atoms with Crippen molar-refractivity contribution in [1.29, 1.82) is 0 Å². The van der Waals surface area contributed by atoms with Crippen LogP contribution in [-0.2, 0) is 10.0 Å². The van der Waals surface area contributed by atoms with E-state index in [1.165, 1.54) is 0 Å². The van der Waals surface area contributed by atoms with E-state index in [1.807, 2.05) is 31.2 Å². The second-order valence-electron chi connectivity index (χ2n) is 6.95. The number of rotatable bonds is 5. The highest BCUT2D eigenvalue weighted by molar-refractivity contribution is 7.89. The van der Waals surface area contributed by atoms with E-state index in [2.05, 4.69) is 16.5 Å². The quantitative estimate of drug-likeness (QED) is 0.885. The van der Waals surface area contributed by atoms with Crippen LogP contribution < -0.4 is 9.46 Å². The molecule has 0 bridgehead atoms. The zero-order valence-corrected chi connectivity index (χ0v) is 15.4. The summed E-state index contributed by atoms with van der Waals surface area (Å²) in [4.78, 5) is 2.42. The number of likely N-dealkylation sites (tertiary alicyclic amines) is 1. The van der Waals surface area contributed by atoms with Crippen molar-refractivity contribution in [2.75, 3.05) is 25.4 Å². The van der Waals surface area contributed by atoms with Crippen molar-refractivity contribution < 1.29 is 13.2 Å². The second kappa shape index (κ2) is 7.02. The summed E-state index contributed by atoms with van der Waals surface area (Å²) >= 11 is 0. The number of sulfonamides is 1. The highest BCUT2D eigenvalue weighted by Gasteiger charge is 2.43. The molecule has 1 fully saturated rings. The van der Waals surface area contributed by atoms with Crippen molar-refractivity contribution in [3.05, 3.63) is 29.8 Å².